The molecule has 0 saturated carbocycles. The van der Waals surface area contributed by atoms with E-state index in [9.17, 15) is 38.7 Å². The van der Waals surface area contributed by atoms with Crippen molar-refractivity contribution in [2.24, 2.45) is 5.41 Å². The van der Waals surface area contributed by atoms with Gasteiger partial charge in [-0.1, -0.05) is 55.1 Å². The molecule has 5 heterocycles. The maximum Gasteiger partial charge on any atom is 0.410 e. The summed E-state index contributed by atoms with van der Waals surface area (Å²) in [6, 6.07) is 9.41. The molecule has 0 aromatic heterocycles. The average Bonchev–Trinajstić information content (AvgIpc) is 3.81. The van der Waals surface area contributed by atoms with Gasteiger partial charge in [-0.15, -0.1) is 0 Å². The van der Waals surface area contributed by atoms with Gasteiger partial charge in [0.15, 0.2) is 0 Å². The lowest BCUT2D eigenvalue weighted by Crippen LogP contribution is -2.71. The highest BCUT2D eigenvalue weighted by Crippen LogP contribution is 2.47. The summed E-state index contributed by atoms with van der Waals surface area (Å²) in [5.41, 5.74) is -3.95. The van der Waals surface area contributed by atoms with Gasteiger partial charge in [-0.2, -0.15) is 0 Å². The Balaban J connectivity index is 1.29. The van der Waals surface area contributed by atoms with Crippen LogP contribution in [0.3, 0.4) is 0 Å². The highest BCUT2D eigenvalue weighted by Gasteiger charge is 2.70. The number of carbonyl (C=O) groups excluding carboxylic acids is 6. The molecule has 0 bridgehead atoms. The third-order valence-electron chi connectivity index (χ3n) is 11.0. The SMILES string of the molecule is C=CCOC(=O)N1C[C@@]2(C[C@H]1C(=O)O)C(=O)N1C[C@]3(C[C@H]1C(=O)N2Cc1cccc2ccccc12)NC(=O)C1C[C@@](C)(C(=O)OC)CN1C3=O. The van der Waals surface area contributed by atoms with Crippen molar-refractivity contribution in [3.63, 3.8) is 0 Å². The number of aliphatic carboxylic acids is 1. The van der Waals surface area contributed by atoms with Gasteiger partial charge in [-0.25, -0.2) is 9.59 Å². The first-order chi connectivity index (χ1) is 23.8. The van der Waals surface area contributed by atoms with Gasteiger partial charge < -0.3 is 34.6 Å². The molecule has 15 heteroatoms. The standard InChI is InChI=1S/C35H37N5O10/c1-4-12-50-32(48)39-19-35(15-25(39)28(43)44)30(46)38-18-34(29(45)37-17-33(2,31(47)49-3)13-23(37)26(41)36-34)14-24(38)27(42)40(35)16-21-10-7-9-20-8-5-6-11-22(20)21/h4-11,23-25H,1,12-19H2,2-3H3,(H,36,41)(H,43,44)/t23?,24-,25-,33+,34-,35-/m0/s1. The quantitative estimate of drug-likeness (QED) is 0.323. The van der Waals surface area contributed by atoms with E-state index in [4.69, 9.17) is 9.47 Å². The van der Waals surface area contributed by atoms with Gasteiger partial charge in [0.25, 0.3) is 11.8 Å². The molecular weight excluding hydrogens is 650 g/mol. The van der Waals surface area contributed by atoms with Crippen molar-refractivity contribution in [1.82, 2.24) is 24.9 Å². The first-order valence-corrected chi connectivity index (χ1v) is 16.4. The van der Waals surface area contributed by atoms with E-state index in [0.29, 0.717) is 5.56 Å². The second-order valence-electron chi connectivity index (χ2n) is 14.1. The van der Waals surface area contributed by atoms with Crippen LogP contribution >= 0.6 is 0 Å². The molecule has 2 aromatic carbocycles. The van der Waals surface area contributed by atoms with E-state index < -0.39 is 89.2 Å². The molecule has 6 atom stereocenters. The number of amides is 5. The van der Waals surface area contributed by atoms with Crippen molar-refractivity contribution in [2.45, 2.75) is 61.9 Å². The lowest BCUT2D eigenvalue weighted by Gasteiger charge is -2.48. The number of esters is 1. The third-order valence-corrected chi connectivity index (χ3v) is 11.0. The molecule has 50 heavy (non-hydrogen) atoms. The normalized spacial score (nSPS) is 31.7. The second-order valence-corrected chi connectivity index (χ2v) is 14.1. The minimum absolute atomic E-state index is 0.0502. The largest absolute Gasteiger partial charge is 0.480 e. The lowest BCUT2D eigenvalue weighted by atomic mass is 9.85. The molecule has 0 radical (unpaired) electrons. The van der Waals surface area contributed by atoms with Gasteiger partial charge in [0.05, 0.1) is 25.6 Å². The van der Waals surface area contributed by atoms with E-state index in [1.165, 1.54) is 27.9 Å². The summed E-state index contributed by atoms with van der Waals surface area (Å²) in [6.07, 6.45) is -0.263. The maximum absolute atomic E-state index is 14.9. The molecule has 262 valence electrons. The number of rotatable bonds is 6. The van der Waals surface area contributed by atoms with Crippen molar-refractivity contribution in [3.8, 4) is 0 Å². The van der Waals surface area contributed by atoms with Crippen LogP contribution in [0.25, 0.3) is 10.8 Å². The number of likely N-dealkylation sites (tertiary alicyclic amines) is 1. The fourth-order valence-corrected chi connectivity index (χ4v) is 8.63. The number of fused-ring (bicyclic) bond motifs is 3. The third kappa shape index (κ3) is 4.73. The monoisotopic (exact) mass is 687 g/mol. The smallest absolute Gasteiger partial charge is 0.410 e. The minimum atomic E-state index is -1.84. The second kappa shape index (κ2) is 11.6. The van der Waals surface area contributed by atoms with Crippen LogP contribution in [0.2, 0.25) is 0 Å². The molecule has 2 aromatic rings. The average molecular weight is 688 g/mol. The van der Waals surface area contributed by atoms with Gasteiger partial charge in [-0.05, 0) is 29.7 Å². The summed E-state index contributed by atoms with van der Waals surface area (Å²) in [6.45, 7) is 3.93. The summed E-state index contributed by atoms with van der Waals surface area (Å²) >= 11 is 0. The molecule has 5 saturated heterocycles. The van der Waals surface area contributed by atoms with E-state index in [1.807, 2.05) is 42.5 Å². The number of carboxylic acid groups (broad SMARTS) is 1. The molecule has 2 spiro atoms. The van der Waals surface area contributed by atoms with Crippen LogP contribution in [0.4, 0.5) is 4.79 Å². The van der Waals surface area contributed by atoms with Gasteiger partial charge >= 0.3 is 18.0 Å². The number of ether oxygens (including phenoxy) is 2. The first kappa shape index (κ1) is 33.0. The van der Waals surface area contributed by atoms with Gasteiger partial charge in [0.2, 0.25) is 11.8 Å². The van der Waals surface area contributed by atoms with Crippen molar-refractivity contribution in [2.75, 3.05) is 33.4 Å². The van der Waals surface area contributed by atoms with Gasteiger partial charge in [0.1, 0.15) is 35.8 Å². The van der Waals surface area contributed by atoms with Crippen molar-refractivity contribution in [1.29, 1.82) is 0 Å². The van der Waals surface area contributed by atoms with Crippen molar-refractivity contribution < 1.29 is 48.1 Å². The Morgan fingerprint density at radius 2 is 1.68 bits per heavy atom. The predicted molar refractivity (Wildman–Crippen MR) is 173 cm³/mol. The van der Waals surface area contributed by atoms with E-state index in [-0.39, 0.29) is 39.1 Å². The number of carbonyl (C=O) groups is 7. The number of nitrogens with zero attached hydrogens (tertiary/aromatic N) is 4. The maximum atomic E-state index is 14.9. The van der Waals surface area contributed by atoms with Crippen LogP contribution in [-0.4, -0.2) is 129 Å². The number of benzene rings is 2. The van der Waals surface area contributed by atoms with E-state index in [0.717, 1.165) is 15.7 Å². The van der Waals surface area contributed by atoms with Crippen LogP contribution in [0.5, 0.6) is 0 Å². The zero-order valence-corrected chi connectivity index (χ0v) is 27.6. The molecule has 7 rings (SSSR count). The molecule has 5 fully saturated rings. The Kier molecular flexibility index (Phi) is 7.64. The predicted octanol–water partition coefficient (Wildman–Crippen LogP) is 0.652. The number of nitrogens with one attached hydrogen (secondary N) is 1. The van der Waals surface area contributed by atoms with Gasteiger partial charge in [-0.3, -0.25) is 28.9 Å². The van der Waals surface area contributed by atoms with Crippen molar-refractivity contribution >= 4 is 52.4 Å². The summed E-state index contributed by atoms with van der Waals surface area (Å²) in [5, 5.41) is 14.8. The Labute approximate surface area is 286 Å². The Morgan fingerprint density at radius 3 is 2.40 bits per heavy atom. The molecule has 2 N–H and O–H groups in total. The minimum Gasteiger partial charge on any atom is -0.480 e. The number of carboxylic acids is 1. The van der Waals surface area contributed by atoms with Crippen LogP contribution in [0, 0.1) is 5.41 Å². The van der Waals surface area contributed by atoms with Gasteiger partial charge in [0, 0.05) is 25.9 Å². The highest BCUT2D eigenvalue weighted by atomic mass is 16.6. The molecule has 5 aliphatic heterocycles. The zero-order chi connectivity index (χ0) is 35.7. The summed E-state index contributed by atoms with van der Waals surface area (Å²) in [4.78, 5) is 101. The molecule has 5 amide bonds. The number of methoxy groups -OCH3 is 1. The molecule has 0 aliphatic carbocycles. The summed E-state index contributed by atoms with van der Waals surface area (Å²) in [5.74, 6) is -4.18. The van der Waals surface area contributed by atoms with Crippen molar-refractivity contribution in [3.05, 3.63) is 60.7 Å². The summed E-state index contributed by atoms with van der Waals surface area (Å²) < 4.78 is 10.1. The lowest BCUT2D eigenvalue weighted by molar-refractivity contribution is -0.169. The number of piperazine rings is 2. The fraction of sp³-hybridized carbons (Fsp3) is 0.457. The molecule has 5 aliphatic rings. The summed E-state index contributed by atoms with van der Waals surface area (Å²) in [7, 11) is 1.23. The van der Waals surface area contributed by atoms with E-state index in [1.54, 1.807) is 6.92 Å². The Hall–Kier alpha value is -5.47. The van der Waals surface area contributed by atoms with Crippen LogP contribution in [0.1, 0.15) is 31.7 Å². The fourth-order valence-electron chi connectivity index (χ4n) is 8.63. The van der Waals surface area contributed by atoms with E-state index in [2.05, 4.69) is 11.9 Å². The van der Waals surface area contributed by atoms with E-state index >= 15 is 0 Å². The number of hydrogen-bond donors (Lipinski definition) is 2. The Bertz CT molecular complexity index is 1880. The number of hydrogen-bond acceptors (Lipinski definition) is 9. The Morgan fingerprint density at radius 1 is 0.960 bits per heavy atom. The van der Waals surface area contributed by atoms with Crippen LogP contribution in [0.15, 0.2) is 55.1 Å². The topological polar surface area (TPSA) is 183 Å². The molecule has 1 unspecified atom stereocenters. The highest BCUT2D eigenvalue weighted by molar-refractivity contribution is 6.07. The van der Waals surface area contributed by atoms with Crippen LogP contribution < -0.4 is 5.32 Å². The molecular formula is C35H37N5O10. The van der Waals surface area contributed by atoms with Crippen LogP contribution in [-0.2, 0) is 44.8 Å². The first-order valence-electron chi connectivity index (χ1n) is 16.4. The zero-order valence-electron chi connectivity index (χ0n) is 27.6. The molecule has 15 nitrogen and oxygen atoms in total.